The van der Waals surface area contributed by atoms with Crippen LogP contribution in [0.25, 0.3) is 0 Å². The van der Waals surface area contributed by atoms with Crippen LogP contribution in [-0.2, 0) is 14.8 Å². The van der Waals surface area contributed by atoms with E-state index >= 15 is 0 Å². The Labute approximate surface area is 203 Å². The van der Waals surface area contributed by atoms with E-state index < -0.39 is 10.0 Å². The third-order valence-electron chi connectivity index (χ3n) is 5.86. The van der Waals surface area contributed by atoms with E-state index in [1.807, 2.05) is 29.4 Å². The smallest absolute Gasteiger partial charge is 0.243 e. The van der Waals surface area contributed by atoms with Gasteiger partial charge in [-0.25, -0.2) is 8.42 Å². The molecule has 2 aromatic rings. The van der Waals surface area contributed by atoms with Gasteiger partial charge in [0.15, 0.2) is 0 Å². The number of piperidine rings is 1. The normalized spacial score (nSPS) is 18.7. The summed E-state index contributed by atoms with van der Waals surface area (Å²) in [7, 11) is -3.64. The molecule has 0 spiro atoms. The molecule has 0 N–H and O–H groups in total. The highest BCUT2D eigenvalue weighted by molar-refractivity contribution is 14.1. The molecule has 2 fully saturated rings. The van der Waals surface area contributed by atoms with Crippen molar-refractivity contribution in [3.8, 4) is 0 Å². The molecule has 0 bridgehead atoms. The Balaban J connectivity index is 0.00000272. The van der Waals surface area contributed by atoms with Gasteiger partial charge in [0.25, 0.3) is 0 Å². The van der Waals surface area contributed by atoms with Crippen LogP contribution >= 0.6 is 35.0 Å². The van der Waals surface area contributed by atoms with E-state index in [-0.39, 0.29) is 29.8 Å². The molecule has 2 aliphatic heterocycles. The van der Waals surface area contributed by atoms with Crippen molar-refractivity contribution in [2.75, 3.05) is 44.2 Å². The van der Waals surface area contributed by atoms with Gasteiger partial charge in [-0.15, -0.1) is 12.4 Å². The lowest BCUT2D eigenvalue weighted by Crippen LogP contribution is -2.53. The molecule has 3 heterocycles. The Morgan fingerprint density at radius 1 is 0.968 bits per heavy atom. The molecule has 0 aliphatic carbocycles. The number of carbonyl (C=O) groups is 1. The average molecular weight is 577 g/mol. The van der Waals surface area contributed by atoms with Crippen molar-refractivity contribution in [2.45, 2.75) is 17.7 Å². The fourth-order valence-corrected chi connectivity index (χ4v) is 5.82. The number of halogens is 2. The lowest BCUT2D eigenvalue weighted by Gasteiger charge is -2.38. The molecule has 7 nitrogen and oxygen atoms in total. The standard InChI is InChI=1S/C21H25IN4O3S.ClH/c22-18-1-3-20(4-2-18)30(28,29)26-14-13-25(21(27)16-26)15-17-7-11-24(12-8-17)19-5-9-23-10-6-19;/h1-6,9-10,17H,7-8,11-16H2;1H. The van der Waals surface area contributed by atoms with Gasteiger partial charge in [-0.3, -0.25) is 9.78 Å². The molecule has 1 aromatic carbocycles. The van der Waals surface area contributed by atoms with Crippen LogP contribution in [0.15, 0.2) is 53.7 Å². The number of hydrogen-bond donors (Lipinski definition) is 0. The molecule has 2 saturated heterocycles. The summed E-state index contributed by atoms with van der Waals surface area (Å²) < 4.78 is 28.0. The van der Waals surface area contributed by atoms with E-state index in [1.54, 1.807) is 24.3 Å². The summed E-state index contributed by atoms with van der Waals surface area (Å²) >= 11 is 2.14. The minimum absolute atomic E-state index is 0. The Morgan fingerprint density at radius 3 is 2.23 bits per heavy atom. The van der Waals surface area contributed by atoms with Crippen LogP contribution in [0.4, 0.5) is 5.69 Å². The van der Waals surface area contributed by atoms with Crippen molar-refractivity contribution < 1.29 is 13.2 Å². The second-order valence-electron chi connectivity index (χ2n) is 7.77. The summed E-state index contributed by atoms with van der Waals surface area (Å²) in [5, 5.41) is 0. The molecular weight excluding hydrogens is 551 g/mol. The van der Waals surface area contributed by atoms with Gasteiger partial charge in [-0.05, 0) is 77.7 Å². The van der Waals surface area contributed by atoms with Gasteiger partial charge in [0, 0.05) is 54.4 Å². The molecule has 168 valence electrons. The predicted molar refractivity (Wildman–Crippen MR) is 131 cm³/mol. The van der Waals surface area contributed by atoms with Crippen molar-refractivity contribution in [1.82, 2.24) is 14.2 Å². The quantitative estimate of drug-likeness (QED) is 0.512. The van der Waals surface area contributed by atoms with E-state index in [1.165, 1.54) is 9.99 Å². The summed E-state index contributed by atoms with van der Waals surface area (Å²) in [4.78, 5) is 21.2. The molecule has 31 heavy (non-hydrogen) atoms. The Kier molecular flexibility index (Phi) is 8.17. The van der Waals surface area contributed by atoms with E-state index in [0.717, 1.165) is 29.5 Å². The summed E-state index contributed by atoms with van der Waals surface area (Å²) in [5.41, 5.74) is 1.19. The van der Waals surface area contributed by atoms with Crippen LogP contribution in [-0.4, -0.2) is 67.8 Å². The second kappa shape index (κ2) is 10.5. The Bertz CT molecular complexity index is 983. The maximum atomic E-state index is 12.9. The molecule has 10 heteroatoms. The number of benzene rings is 1. The van der Waals surface area contributed by atoms with Crippen LogP contribution in [0.3, 0.4) is 0 Å². The molecule has 0 saturated carbocycles. The number of pyridine rings is 1. The van der Waals surface area contributed by atoms with E-state index in [0.29, 0.717) is 25.6 Å². The highest BCUT2D eigenvalue weighted by Gasteiger charge is 2.34. The van der Waals surface area contributed by atoms with Gasteiger partial charge in [-0.2, -0.15) is 4.31 Å². The largest absolute Gasteiger partial charge is 0.371 e. The first-order chi connectivity index (χ1) is 14.4. The molecular formula is C21H26ClIN4O3S. The number of hydrogen-bond acceptors (Lipinski definition) is 5. The number of rotatable bonds is 5. The first-order valence-electron chi connectivity index (χ1n) is 10.1. The minimum Gasteiger partial charge on any atom is -0.371 e. The zero-order chi connectivity index (χ0) is 21.1. The number of anilines is 1. The van der Waals surface area contributed by atoms with Gasteiger partial charge in [-0.1, -0.05) is 0 Å². The molecule has 4 rings (SSSR count). The van der Waals surface area contributed by atoms with Crippen LogP contribution in [0.5, 0.6) is 0 Å². The number of nitrogens with zero attached hydrogens (tertiary/aromatic N) is 4. The predicted octanol–water partition coefficient (Wildman–Crippen LogP) is 2.86. The lowest BCUT2D eigenvalue weighted by atomic mass is 9.95. The van der Waals surface area contributed by atoms with Gasteiger partial charge < -0.3 is 9.80 Å². The Morgan fingerprint density at radius 2 is 1.61 bits per heavy atom. The van der Waals surface area contributed by atoms with Crippen LogP contribution in [0, 0.1) is 9.49 Å². The number of piperazine rings is 1. The van der Waals surface area contributed by atoms with Crippen molar-refractivity contribution in [2.24, 2.45) is 5.92 Å². The first kappa shape index (κ1) is 24.2. The summed E-state index contributed by atoms with van der Waals surface area (Å²) in [6, 6.07) is 10.8. The highest BCUT2D eigenvalue weighted by atomic mass is 127. The molecule has 0 unspecified atom stereocenters. The van der Waals surface area contributed by atoms with E-state index in [4.69, 9.17) is 0 Å². The third kappa shape index (κ3) is 5.68. The topological polar surface area (TPSA) is 73.8 Å². The summed E-state index contributed by atoms with van der Waals surface area (Å²) in [5.74, 6) is 0.346. The number of amides is 1. The van der Waals surface area contributed by atoms with Gasteiger partial charge >= 0.3 is 0 Å². The summed E-state index contributed by atoms with van der Waals surface area (Å²) in [6.45, 7) is 3.35. The van der Waals surface area contributed by atoms with Crippen molar-refractivity contribution in [3.63, 3.8) is 0 Å². The van der Waals surface area contributed by atoms with Crippen LogP contribution in [0.1, 0.15) is 12.8 Å². The number of sulfonamides is 1. The summed E-state index contributed by atoms with van der Waals surface area (Å²) in [6.07, 6.45) is 5.67. The SMILES string of the molecule is Cl.O=C1CN(S(=O)(=O)c2ccc(I)cc2)CCN1CC1CCN(c2ccncc2)CC1. The van der Waals surface area contributed by atoms with Gasteiger partial charge in [0.2, 0.25) is 15.9 Å². The van der Waals surface area contributed by atoms with E-state index in [9.17, 15) is 13.2 Å². The number of carbonyl (C=O) groups excluding carboxylic acids is 1. The zero-order valence-corrected chi connectivity index (χ0v) is 20.9. The monoisotopic (exact) mass is 576 g/mol. The number of aromatic nitrogens is 1. The van der Waals surface area contributed by atoms with Crippen LogP contribution in [0.2, 0.25) is 0 Å². The first-order valence-corrected chi connectivity index (χ1v) is 12.6. The Hall–Kier alpha value is -1.43. The van der Waals surface area contributed by atoms with Gasteiger partial charge in [0.05, 0.1) is 11.4 Å². The fourth-order valence-electron chi connectivity index (χ4n) is 4.08. The molecule has 1 aromatic heterocycles. The minimum atomic E-state index is -3.64. The van der Waals surface area contributed by atoms with Crippen molar-refractivity contribution in [3.05, 3.63) is 52.4 Å². The maximum Gasteiger partial charge on any atom is 0.243 e. The molecule has 2 aliphatic rings. The molecule has 1 amide bonds. The van der Waals surface area contributed by atoms with E-state index in [2.05, 4.69) is 32.5 Å². The highest BCUT2D eigenvalue weighted by Crippen LogP contribution is 2.25. The average Bonchev–Trinajstić information content (AvgIpc) is 2.76. The van der Waals surface area contributed by atoms with Crippen molar-refractivity contribution >= 4 is 56.6 Å². The molecule has 0 radical (unpaired) electrons. The third-order valence-corrected chi connectivity index (χ3v) is 8.43. The zero-order valence-electron chi connectivity index (χ0n) is 17.1. The maximum absolute atomic E-state index is 12.9. The van der Waals surface area contributed by atoms with Crippen LogP contribution < -0.4 is 4.90 Å². The lowest BCUT2D eigenvalue weighted by molar-refractivity contribution is -0.134. The second-order valence-corrected chi connectivity index (χ2v) is 11.0. The molecule has 0 atom stereocenters. The van der Waals surface area contributed by atoms with Crippen molar-refractivity contribution in [1.29, 1.82) is 0 Å². The fraction of sp³-hybridized carbons (Fsp3) is 0.429. The van der Waals surface area contributed by atoms with Gasteiger partial charge in [0.1, 0.15) is 0 Å².